The quantitative estimate of drug-likeness (QED) is 0.426. The first-order valence-electron chi connectivity index (χ1n) is 7.22. The highest BCUT2D eigenvalue weighted by molar-refractivity contribution is 5.63. The van der Waals surface area contributed by atoms with Crippen LogP contribution in [0, 0.1) is 0 Å². The Morgan fingerprint density at radius 1 is 1.52 bits per heavy atom. The molecule has 1 aromatic rings. The Labute approximate surface area is 124 Å². The summed E-state index contributed by atoms with van der Waals surface area (Å²) in [6.07, 6.45) is 2.44. The average molecular weight is 294 g/mol. The minimum absolute atomic E-state index is 0.111. The predicted octanol–water partition coefficient (Wildman–Crippen LogP) is 2.42. The first-order chi connectivity index (χ1) is 10.1. The molecule has 0 bridgehead atoms. The van der Waals surface area contributed by atoms with Crippen LogP contribution in [0.25, 0.3) is 0 Å². The lowest BCUT2D eigenvalue weighted by Crippen LogP contribution is -2.31. The molecule has 2 rings (SSSR count). The third-order valence-corrected chi connectivity index (χ3v) is 3.84. The molecular formula is C15H22N2O4. The second kappa shape index (κ2) is 7.28. The Bertz CT molecular complexity index is 493. The van der Waals surface area contributed by atoms with Crippen molar-refractivity contribution in [3.8, 4) is 5.75 Å². The molecule has 1 atom stereocenters. The summed E-state index contributed by atoms with van der Waals surface area (Å²) in [7, 11) is 1.69. The van der Waals surface area contributed by atoms with Crippen molar-refractivity contribution in [1.29, 1.82) is 0 Å². The van der Waals surface area contributed by atoms with Crippen molar-refractivity contribution in [3.63, 3.8) is 0 Å². The number of hydrogen-bond donors (Lipinski definition) is 3. The average Bonchev–Trinajstić information content (AvgIpc) is 2.50. The fraction of sp³-hybridized carbons (Fsp3) is 0.533. The summed E-state index contributed by atoms with van der Waals surface area (Å²) in [5.41, 5.74) is 2.53. The van der Waals surface area contributed by atoms with E-state index in [1.54, 1.807) is 7.11 Å². The van der Waals surface area contributed by atoms with Crippen LogP contribution in [0.1, 0.15) is 36.4 Å². The molecular weight excluding hydrogens is 272 g/mol. The maximum atomic E-state index is 10.5. The molecule has 0 radical (unpaired) electrons. The van der Waals surface area contributed by atoms with E-state index in [0.717, 1.165) is 25.0 Å². The van der Waals surface area contributed by atoms with Crippen LogP contribution in [-0.4, -0.2) is 41.7 Å². The zero-order chi connectivity index (χ0) is 15.2. The van der Waals surface area contributed by atoms with Crippen molar-refractivity contribution in [2.45, 2.75) is 31.7 Å². The normalized spacial score (nSPS) is 17.1. The van der Waals surface area contributed by atoms with Crippen molar-refractivity contribution in [2.24, 2.45) is 0 Å². The van der Waals surface area contributed by atoms with Crippen LogP contribution in [0.3, 0.4) is 0 Å². The fourth-order valence-corrected chi connectivity index (χ4v) is 2.82. The maximum absolute atomic E-state index is 10.5. The third-order valence-electron chi connectivity index (χ3n) is 3.84. The van der Waals surface area contributed by atoms with E-state index in [0.29, 0.717) is 18.0 Å². The Kier molecular flexibility index (Phi) is 5.41. The van der Waals surface area contributed by atoms with Gasteiger partial charge in [-0.1, -0.05) is 12.1 Å². The van der Waals surface area contributed by atoms with Gasteiger partial charge in [-0.25, -0.2) is 4.79 Å². The largest absolute Gasteiger partial charge is 0.496 e. The van der Waals surface area contributed by atoms with Crippen molar-refractivity contribution >= 4 is 6.09 Å². The second-order valence-corrected chi connectivity index (χ2v) is 5.19. The molecule has 1 aromatic carbocycles. The number of fused-ring (bicyclic) bond motifs is 1. The minimum Gasteiger partial charge on any atom is -0.496 e. The number of hydroxylamine groups is 2. The lowest BCUT2D eigenvalue weighted by Gasteiger charge is -2.28. The molecule has 1 aliphatic rings. The molecule has 1 amide bonds. The summed E-state index contributed by atoms with van der Waals surface area (Å²) in [6.45, 7) is 0.770. The Hall–Kier alpha value is -1.79. The van der Waals surface area contributed by atoms with Crippen LogP contribution in [0.2, 0.25) is 0 Å². The Morgan fingerprint density at radius 2 is 2.33 bits per heavy atom. The van der Waals surface area contributed by atoms with E-state index in [1.165, 1.54) is 11.1 Å². The van der Waals surface area contributed by atoms with Gasteiger partial charge in [0.25, 0.3) is 0 Å². The monoisotopic (exact) mass is 294 g/mol. The molecule has 0 aliphatic heterocycles. The third kappa shape index (κ3) is 3.86. The summed E-state index contributed by atoms with van der Waals surface area (Å²) >= 11 is 0. The summed E-state index contributed by atoms with van der Waals surface area (Å²) in [5.74, 6) is 0.936. The van der Waals surface area contributed by atoms with Gasteiger partial charge in [0.1, 0.15) is 5.75 Å². The maximum Gasteiger partial charge on any atom is 0.431 e. The number of benzene rings is 1. The first-order valence-corrected chi connectivity index (χ1v) is 7.22. The molecule has 6 nitrogen and oxygen atoms in total. The van der Waals surface area contributed by atoms with E-state index >= 15 is 0 Å². The van der Waals surface area contributed by atoms with Crippen LogP contribution in [0.4, 0.5) is 4.79 Å². The number of rotatable bonds is 6. The SMILES string of the molecule is COc1cccc2c1CCCC2NCCCN(O)C(=O)O. The number of nitrogens with one attached hydrogen (secondary N) is 1. The first kappa shape index (κ1) is 15.6. The molecule has 0 spiro atoms. The van der Waals surface area contributed by atoms with Gasteiger partial charge in [0.2, 0.25) is 0 Å². The van der Waals surface area contributed by atoms with Gasteiger partial charge < -0.3 is 15.2 Å². The smallest absolute Gasteiger partial charge is 0.431 e. The summed E-state index contributed by atoms with van der Waals surface area (Å²) in [5, 5.41) is 21.4. The molecule has 1 aliphatic carbocycles. The lowest BCUT2D eigenvalue weighted by atomic mass is 9.87. The van der Waals surface area contributed by atoms with Gasteiger partial charge in [0.15, 0.2) is 0 Å². The van der Waals surface area contributed by atoms with Gasteiger partial charge in [-0.3, -0.25) is 5.21 Å². The number of hydrogen-bond acceptors (Lipinski definition) is 4. The van der Waals surface area contributed by atoms with Crippen LogP contribution in [-0.2, 0) is 6.42 Å². The number of methoxy groups -OCH3 is 1. The van der Waals surface area contributed by atoms with Crippen molar-refractivity contribution in [1.82, 2.24) is 10.4 Å². The highest BCUT2D eigenvalue weighted by Gasteiger charge is 2.22. The highest BCUT2D eigenvalue weighted by Crippen LogP contribution is 2.35. The number of nitrogens with zero attached hydrogens (tertiary/aromatic N) is 1. The van der Waals surface area contributed by atoms with Crippen LogP contribution < -0.4 is 10.1 Å². The topological polar surface area (TPSA) is 82.0 Å². The number of ether oxygens (including phenoxy) is 1. The van der Waals surface area contributed by atoms with E-state index in [2.05, 4.69) is 11.4 Å². The van der Waals surface area contributed by atoms with E-state index in [1.807, 2.05) is 12.1 Å². The highest BCUT2D eigenvalue weighted by atomic mass is 16.6. The van der Waals surface area contributed by atoms with E-state index in [9.17, 15) is 4.79 Å². The molecule has 0 fully saturated rings. The molecule has 21 heavy (non-hydrogen) atoms. The molecule has 0 saturated carbocycles. The van der Waals surface area contributed by atoms with Gasteiger partial charge in [-0.2, -0.15) is 5.06 Å². The van der Waals surface area contributed by atoms with Crippen molar-refractivity contribution in [3.05, 3.63) is 29.3 Å². The van der Waals surface area contributed by atoms with Crippen molar-refractivity contribution < 1.29 is 19.8 Å². The van der Waals surface area contributed by atoms with Gasteiger partial charge in [0, 0.05) is 6.04 Å². The van der Waals surface area contributed by atoms with Gasteiger partial charge in [-0.15, -0.1) is 0 Å². The Balaban J connectivity index is 1.90. The zero-order valence-electron chi connectivity index (χ0n) is 12.2. The molecule has 6 heteroatoms. The van der Waals surface area contributed by atoms with E-state index in [-0.39, 0.29) is 12.6 Å². The number of amides is 1. The molecule has 116 valence electrons. The fourth-order valence-electron chi connectivity index (χ4n) is 2.82. The Morgan fingerprint density at radius 3 is 3.05 bits per heavy atom. The molecule has 3 N–H and O–H groups in total. The van der Waals surface area contributed by atoms with E-state index < -0.39 is 6.09 Å². The summed E-state index contributed by atoms with van der Waals surface area (Å²) in [6, 6.07) is 6.36. The summed E-state index contributed by atoms with van der Waals surface area (Å²) < 4.78 is 5.41. The lowest BCUT2D eigenvalue weighted by molar-refractivity contribution is -0.0641. The van der Waals surface area contributed by atoms with Crippen LogP contribution >= 0.6 is 0 Å². The predicted molar refractivity (Wildman–Crippen MR) is 77.8 cm³/mol. The zero-order valence-corrected chi connectivity index (χ0v) is 12.2. The van der Waals surface area contributed by atoms with Gasteiger partial charge >= 0.3 is 6.09 Å². The molecule has 0 heterocycles. The number of carboxylic acid groups (broad SMARTS) is 1. The molecule has 1 unspecified atom stereocenters. The van der Waals surface area contributed by atoms with Crippen LogP contribution in [0.15, 0.2) is 18.2 Å². The molecule has 0 aromatic heterocycles. The van der Waals surface area contributed by atoms with Crippen LogP contribution in [0.5, 0.6) is 5.75 Å². The number of carbonyl (C=O) groups is 1. The van der Waals surface area contributed by atoms with Gasteiger partial charge in [-0.05, 0) is 49.4 Å². The standard InChI is InChI=1S/C15H22N2O4/c1-21-14-8-3-5-11-12(14)6-2-7-13(11)16-9-4-10-17(20)15(18)19/h3,5,8,13,16,20H,2,4,6-7,9-10H2,1H3,(H,18,19). The second-order valence-electron chi connectivity index (χ2n) is 5.19. The minimum atomic E-state index is -1.32. The summed E-state index contributed by atoms with van der Waals surface area (Å²) in [4.78, 5) is 10.5. The van der Waals surface area contributed by atoms with E-state index in [4.69, 9.17) is 15.1 Å². The van der Waals surface area contributed by atoms with Gasteiger partial charge in [0.05, 0.1) is 13.7 Å². The van der Waals surface area contributed by atoms with Crippen molar-refractivity contribution in [2.75, 3.05) is 20.2 Å². The molecule has 0 saturated heterocycles.